The van der Waals surface area contributed by atoms with Crippen molar-refractivity contribution in [3.63, 3.8) is 0 Å². The minimum Gasteiger partial charge on any atom is -0.334 e. The van der Waals surface area contributed by atoms with Crippen molar-refractivity contribution < 1.29 is 8.91 Å². The van der Waals surface area contributed by atoms with Crippen LogP contribution in [0.4, 0.5) is 4.39 Å². The molecular formula is C23H14ClFN4O3. The standard InChI is InChI=1S/C23H14ClFN4O3/c24-16-3-1-2-14(10-16)20-27-21(32-28-20)15-6-9-18-19(11-15)26-23(31)29(22(18)30)12-13-4-7-17(25)8-5-13/h1-11H,12H2,(H,26,31). The Kier molecular flexibility index (Phi) is 4.91. The van der Waals surface area contributed by atoms with Gasteiger partial charge in [0, 0.05) is 16.1 Å². The molecule has 2 heterocycles. The van der Waals surface area contributed by atoms with Gasteiger partial charge in [0.05, 0.1) is 17.4 Å². The minimum atomic E-state index is -0.575. The lowest BCUT2D eigenvalue weighted by molar-refractivity contribution is 0.432. The van der Waals surface area contributed by atoms with E-state index < -0.39 is 11.2 Å². The number of halogens is 2. The summed E-state index contributed by atoms with van der Waals surface area (Å²) in [4.78, 5) is 32.6. The van der Waals surface area contributed by atoms with E-state index in [1.54, 1.807) is 36.4 Å². The maximum atomic E-state index is 13.1. The zero-order valence-electron chi connectivity index (χ0n) is 16.4. The van der Waals surface area contributed by atoms with E-state index >= 15 is 0 Å². The van der Waals surface area contributed by atoms with Crippen molar-refractivity contribution in [3.05, 3.63) is 104 Å². The molecule has 3 aromatic carbocycles. The van der Waals surface area contributed by atoms with Crippen LogP contribution in [0, 0.1) is 5.82 Å². The third-order valence-electron chi connectivity index (χ3n) is 4.99. The monoisotopic (exact) mass is 448 g/mol. The second-order valence-electron chi connectivity index (χ2n) is 7.14. The largest absolute Gasteiger partial charge is 0.334 e. The highest BCUT2D eigenvalue weighted by Crippen LogP contribution is 2.25. The molecule has 1 N–H and O–H groups in total. The van der Waals surface area contributed by atoms with E-state index in [1.807, 2.05) is 6.07 Å². The summed E-state index contributed by atoms with van der Waals surface area (Å²) in [7, 11) is 0. The van der Waals surface area contributed by atoms with Crippen LogP contribution in [0.2, 0.25) is 5.02 Å². The van der Waals surface area contributed by atoms with Gasteiger partial charge in [-0.05, 0) is 48.0 Å². The van der Waals surface area contributed by atoms with E-state index in [2.05, 4.69) is 15.1 Å². The number of rotatable bonds is 4. The Bertz CT molecular complexity index is 1570. The van der Waals surface area contributed by atoms with Crippen molar-refractivity contribution in [2.24, 2.45) is 0 Å². The van der Waals surface area contributed by atoms with Crippen molar-refractivity contribution >= 4 is 22.5 Å². The quantitative estimate of drug-likeness (QED) is 0.443. The number of hydrogen-bond donors (Lipinski definition) is 1. The highest BCUT2D eigenvalue weighted by Gasteiger charge is 2.14. The zero-order valence-corrected chi connectivity index (χ0v) is 17.1. The third-order valence-corrected chi connectivity index (χ3v) is 5.23. The molecule has 0 aliphatic carbocycles. The summed E-state index contributed by atoms with van der Waals surface area (Å²) in [6.07, 6.45) is 0. The maximum absolute atomic E-state index is 13.1. The van der Waals surface area contributed by atoms with Crippen molar-refractivity contribution in [1.29, 1.82) is 0 Å². The molecule has 0 atom stereocenters. The first-order valence-corrected chi connectivity index (χ1v) is 9.97. The molecule has 0 amide bonds. The van der Waals surface area contributed by atoms with Gasteiger partial charge in [-0.2, -0.15) is 4.98 Å². The van der Waals surface area contributed by atoms with E-state index in [1.165, 1.54) is 24.3 Å². The first-order chi connectivity index (χ1) is 15.5. The van der Waals surface area contributed by atoms with Gasteiger partial charge in [-0.1, -0.05) is 41.0 Å². The first-order valence-electron chi connectivity index (χ1n) is 9.59. The summed E-state index contributed by atoms with van der Waals surface area (Å²) in [5, 5.41) is 4.85. The predicted molar refractivity (Wildman–Crippen MR) is 118 cm³/mol. The van der Waals surface area contributed by atoms with Gasteiger partial charge in [-0.3, -0.25) is 9.36 Å². The van der Waals surface area contributed by atoms with Gasteiger partial charge >= 0.3 is 5.69 Å². The van der Waals surface area contributed by atoms with Gasteiger partial charge in [0.1, 0.15) is 5.82 Å². The van der Waals surface area contributed by atoms with Crippen LogP contribution in [-0.2, 0) is 6.54 Å². The Morgan fingerprint density at radius 2 is 1.81 bits per heavy atom. The van der Waals surface area contributed by atoms with Crippen LogP contribution in [0.1, 0.15) is 5.56 Å². The topological polar surface area (TPSA) is 93.8 Å². The van der Waals surface area contributed by atoms with Crippen LogP contribution in [-0.4, -0.2) is 19.7 Å². The van der Waals surface area contributed by atoms with E-state index in [9.17, 15) is 14.0 Å². The van der Waals surface area contributed by atoms with Crippen LogP contribution in [0.15, 0.2) is 80.8 Å². The average Bonchev–Trinajstić information content (AvgIpc) is 3.28. The van der Waals surface area contributed by atoms with Crippen LogP contribution >= 0.6 is 11.6 Å². The van der Waals surface area contributed by atoms with Gasteiger partial charge < -0.3 is 9.51 Å². The van der Waals surface area contributed by atoms with Gasteiger partial charge in [-0.15, -0.1) is 0 Å². The third kappa shape index (κ3) is 3.72. The van der Waals surface area contributed by atoms with Crippen LogP contribution in [0.3, 0.4) is 0 Å². The maximum Gasteiger partial charge on any atom is 0.329 e. The molecule has 158 valence electrons. The Morgan fingerprint density at radius 3 is 2.59 bits per heavy atom. The lowest BCUT2D eigenvalue weighted by atomic mass is 10.1. The SMILES string of the molecule is O=c1[nH]c2cc(-c3nc(-c4cccc(Cl)c4)no3)ccc2c(=O)n1Cc1ccc(F)cc1. The summed E-state index contributed by atoms with van der Waals surface area (Å²) in [6.45, 7) is 0.0266. The average molecular weight is 449 g/mol. The molecule has 0 saturated heterocycles. The fourth-order valence-corrected chi connectivity index (χ4v) is 3.58. The van der Waals surface area contributed by atoms with Gasteiger partial charge in [-0.25, -0.2) is 9.18 Å². The Balaban J connectivity index is 1.52. The van der Waals surface area contributed by atoms with Gasteiger partial charge in [0.25, 0.3) is 11.4 Å². The van der Waals surface area contributed by atoms with E-state index in [4.69, 9.17) is 16.1 Å². The van der Waals surface area contributed by atoms with Gasteiger partial charge in [0.15, 0.2) is 0 Å². The Morgan fingerprint density at radius 1 is 1.00 bits per heavy atom. The molecule has 5 aromatic rings. The molecule has 0 aliphatic rings. The number of benzene rings is 3. The molecule has 0 fully saturated rings. The number of hydrogen-bond acceptors (Lipinski definition) is 5. The smallest absolute Gasteiger partial charge is 0.329 e. The molecule has 0 radical (unpaired) electrons. The highest BCUT2D eigenvalue weighted by molar-refractivity contribution is 6.30. The fraction of sp³-hybridized carbons (Fsp3) is 0.0435. The molecule has 2 aromatic heterocycles. The van der Waals surface area contributed by atoms with Crippen molar-refractivity contribution in [2.75, 3.05) is 0 Å². The molecule has 9 heteroatoms. The number of aromatic nitrogens is 4. The van der Waals surface area contributed by atoms with Crippen LogP contribution < -0.4 is 11.2 Å². The number of nitrogens with zero attached hydrogens (tertiary/aromatic N) is 3. The molecule has 0 spiro atoms. The summed E-state index contributed by atoms with van der Waals surface area (Å²) in [6, 6.07) is 17.5. The summed E-state index contributed by atoms with van der Waals surface area (Å²) in [5.41, 5.74) is 1.19. The van der Waals surface area contributed by atoms with Crippen LogP contribution in [0.25, 0.3) is 33.7 Å². The number of fused-ring (bicyclic) bond motifs is 1. The lowest BCUT2D eigenvalue weighted by Gasteiger charge is -2.07. The molecular weight excluding hydrogens is 435 g/mol. The van der Waals surface area contributed by atoms with Crippen LogP contribution in [0.5, 0.6) is 0 Å². The molecule has 0 aliphatic heterocycles. The molecule has 7 nitrogen and oxygen atoms in total. The lowest BCUT2D eigenvalue weighted by Crippen LogP contribution is -2.35. The molecule has 0 unspecified atom stereocenters. The second kappa shape index (κ2) is 7.90. The fourth-order valence-electron chi connectivity index (χ4n) is 3.39. The molecule has 0 bridgehead atoms. The van der Waals surface area contributed by atoms with Crippen molar-refractivity contribution in [1.82, 2.24) is 19.7 Å². The minimum absolute atomic E-state index is 0.0266. The van der Waals surface area contributed by atoms with Crippen molar-refractivity contribution in [2.45, 2.75) is 6.54 Å². The second-order valence-corrected chi connectivity index (χ2v) is 7.58. The summed E-state index contributed by atoms with van der Waals surface area (Å²) in [5.74, 6) is 0.213. The Hall–Kier alpha value is -4.04. The molecule has 0 saturated carbocycles. The normalized spacial score (nSPS) is 11.2. The predicted octanol–water partition coefficient (Wildman–Crippen LogP) is 4.25. The van der Waals surface area contributed by atoms with Crippen molar-refractivity contribution in [3.8, 4) is 22.8 Å². The van der Waals surface area contributed by atoms with E-state index in [0.29, 0.717) is 38.4 Å². The number of aromatic amines is 1. The van der Waals surface area contributed by atoms with E-state index in [0.717, 1.165) is 4.57 Å². The first kappa shape index (κ1) is 19.9. The number of H-pyrrole nitrogens is 1. The molecule has 32 heavy (non-hydrogen) atoms. The summed E-state index contributed by atoms with van der Waals surface area (Å²) < 4.78 is 19.6. The highest BCUT2D eigenvalue weighted by atomic mass is 35.5. The molecule has 5 rings (SSSR count). The summed E-state index contributed by atoms with van der Waals surface area (Å²) >= 11 is 6.02. The Labute approximate surface area is 184 Å². The number of nitrogens with one attached hydrogen (secondary N) is 1. The zero-order chi connectivity index (χ0) is 22.2. The van der Waals surface area contributed by atoms with Gasteiger partial charge in [0.2, 0.25) is 5.82 Å². The van der Waals surface area contributed by atoms with E-state index in [-0.39, 0.29) is 18.3 Å².